The number of carboxylic acids is 2. The molecule has 0 amide bonds. The number of thiophene rings is 1. The number of nitrogens with zero attached hydrogens (tertiary/aromatic N) is 1. The van der Waals surface area contributed by atoms with Crippen molar-refractivity contribution in [2.75, 3.05) is 16.2 Å². The van der Waals surface area contributed by atoms with Gasteiger partial charge in [0.2, 0.25) is 0 Å². The second-order valence-corrected chi connectivity index (χ2v) is 11.4. The quantitative estimate of drug-likeness (QED) is 0.301. The predicted molar refractivity (Wildman–Crippen MR) is 133 cm³/mol. The number of aliphatic carboxylic acids is 1. The van der Waals surface area contributed by atoms with Crippen LogP contribution in [-0.2, 0) is 21.4 Å². The summed E-state index contributed by atoms with van der Waals surface area (Å²) in [5.74, 6) is -3.88. The molecule has 194 valence electrons. The molecule has 1 heterocycles. The molecule has 0 aliphatic carbocycles. The molecule has 3 aromatic rings. The summed E-state index contributed by atoms with van der Waals surface area (Å²) in [6.45, 7) is 3.09. The minimum absolute atomic E-state index is 0.0374. The summed E-state index contributed by atoms with van der Waals surface area (Å²) in [5, 5.41) is 16.8. The zero-order valence-corrected chi connectivity index (χ0v) is 21.7. The highest BCUT2D eigenvalue weighted by Gasteiger charge is 2.38. The van der Waals surface area contributed by atoms with Crippen molar-refractivity contribution in [1.82, 2.24) is 0 Å². The zero-order valence-electron chi connectivity index (χ0n) is 18.5. The van der Waals surface area contributed by atoms with E-state index >= 15 is 0 Å². The number of sulfonamides is 1. The molecule has 0 spiro atoms. The summed E-state index contributed by atoms with van der Waals surface area (Å²) >= 11 is 4.32. The van der Waals surface area contributed by atoms with Crippen LogP contribution in [0.2, 0.25) is 0 Å². The molecule has 0 atom stereocenters. The van der Waals surface area contributed by atoms with Gasteiger partial charge in [0.15, 0.2) is 0 Å². The highest BCUT2D eigenvalue weighted by molar-refractivity contribution is 9.11. The molecular weight excluding hydrogens is 589 g/mol. The Balaban J connectivity index is 0.000000572. The molecule has 0 fully saturated rings. The largest absolute Gasteiger partial charge is 0.490 e. The van der Waals surface area contributed by atoms with Gasteiger partial charge in [-0.3, -0.25) is 4.72 Å². The van der Waals surface area contributed by atoms with E-state index in [1.165, 1.54) is 12.1 Å². The molecule has 0 unspecified atom stereocenters. The maximum atomic E-state index is 12.5. The molecule has 36 heavy (non-hydrogen) atoms. The third-order valence-electron chi connectivity index (χ3n) is 4.47. The number of rotatable bonds is 8. The standard InChI is InChI=1S/C20H19BrN2O4S2.C2HF3O2/c1-2-23(13-14-6-4-3-5-7-14)17-9-8-15(12-16(17)20(24)25)22-29(26,27)19-11-10-18(21)28-19;3-2(4,5)1(6)7/h3-12,22H,2,13H2,1H3,(H,24,25);(H,6,7). The van der Waals surface area contributed by atoms with E-state index in [-0.39, 0.29) is 15.5 Å². The summed E-state index contributed by atoms with van der Waals surface area (Å²) in [6, 6.07) is 17.4. The Labute approximate surface area is 217 Å². The van der Waals surface area contributed by atoms with Gasteiger partial charge in [0.05, 0.1) is 15.0 Å². The van der Waals surface area contributed by atoms with Gasteiger partial charge in [-0.1, -0.05) is 30.3 Å². The Morgan fingerprint density at radius 1 is 1.06 bits per heavy atom. The van der Waals surface area contributed by atoms with Crippen LogP contribution in [0.25, 0.3) is 0 Å². The van der Waals surface area contributed by atoms with Crippen LogP contribution < -0.4 is 9.62 Å². The SMILES string of the molecule is CCN(Cc1ccccc1)c1ccc(NS(=O)(=O)c2ccc(Br)s2)cc1C(=O)O.O=C(O)C(F)(F)F. The van der Waals surface area contributed by atoms with E-state index in [2.05, 4.69) is 20.7 Å². The van der Waals surface area contributed by atoms with Crippen LogP contribution in [-0.4, -0.2) is 43.3 Å². The second-order valence-electron chi connectivity index (χ2n) is 7.00. The Morgan fingerprint density at radius 3 is 2.14 bits per heavy atom. The van der Waals surface area contributed by atoms with Crippen LogP contribution in [0.4, 0.5) is 24.5 Å². The van der Waals surface area contributed by atoms with Crippen molar-refractivity contribution in [3.8, 4) is 0 Å². The lowest BCUT2D eigenvalue weighted by Crippen LogP contribution is -2.24. The van der Waals surface area contributed by atoms with Crippen molar-refractivity contribution in [2.45, 2.75) is 23.9 Å². The minimum Gasteiger partial charge on any atom is -0.478 e. The van der Waals surface area contributed by atoms with Gasteiger partial charge in [0.25, 0.3) is 10.0 Å². The number of hydrogen-bond donors (Lipinski definition) is 3. The first-order valence-corrected chi connectivity index (χ1v) is 13.1. The average Bonchev–Trinajstić information content (AvgIpc) is 3.25. The number of aromatic carboxylic acids is 1. The summed E-state index contributed by atoms with van der Waals surface area (Å²) in [7, 11) is -3.79. The van der Waals surface area contributed by atoms with Crippen LogP contribution in [0.1, 0.15) is 22.8 Å². The number of anilines is 2. The first-order valence-electron chi connectivity index (χ1n) is 9.99. The molecule has 3 N–H and O–H groups in total. The van der Waals surface area contributed by atoms with E-state index in [0.717, 1.165) is 16.9 Å². The zero-order chi connectivity index (χ0) is 27.1. The van der Waals surface area contributed by atoms with Gasteiger partial charge in [0, 0.05) is 18.8 Å². The normalized spacial score (nSPS) is 11.2. The van der Waals surface area contributed by atoms with E-state index in [0.29, 0.717) is 22.6 Å². The van der Waals surface area contributed by atoms with E-state index in [1.807, 2.05) is 42.2 Å². The van der Waals surface area contributed by atoms with Gasteiger partial charge in [-0.25, -0.2) is 18.0 Å². The molecule has 0 bridgehead atoms. The second kappa shape index (κ2) is 12.2. The maximum Gasteiger partial charge on any atom is 0.490 e. The third-order valence-corrected chi connectivity index (χ3v) is 7.97. The van der Waals surface area contributed by atoms with Gasteiger partial charge < -0.3 is 15.1 Å². The Hall–Kier alpha value is -3.10. The van der Waals surface area contributed by atoms with Crippen molar-refractivity contribution in [2.24, 2.45) is 0 Å². The fraction of sp³-hybridized carbons (Fsp3) is 0.182. The number of nitrogens with one attached hydrogen (secondary N) is 1. The predicted octanol–water partition coefficient (Wildman–Crippen LogP) is 5.67. The fourth-order valence-corrected chi connectivity index (χ4v) is 5.92. The minimum atomic E-state index is -5.08. The number of carbonyl (C=O) groups is 2. The van der Waals surface area contributed by atoms with Crippen LogP contribution >= 0.6 is 27.3 Å². The van der Waals surface area contributed by atoms with Crippen molar-refractivity contribution in [3.63, 3.8) is 0 Å². The molecule has 0 saturated carbocycles. The highest BCUT2D eigenvalue weighted by Crippen LogP contribution is 2.30. The number of halogens is 4. The lowest BCUT2D eigenvalue weighted by atomic mass is 10.1. The molecule has 3 rings (SSSR count). The first kappa shape index (κ1) is 29.1. The summed E-state index contributed by atoms with van der Waals surface area (Å²) in [5.41, 5.74) is 1.83. The Kier molecular flexibility index (Phi) is 9.90. The molecule has 0 radical (unpaired) electrons. The summed E-state index contributed by atoms with van der Waals surface area (Å²) in [6.07, 6.45) is -5.08. The molecule has 14 heteroatoms. The highest BCUT2D eigenvalue weighted by atomic mass is 79.9. The number of carboxylic acid groups (broad SMARTS) is 2. The molecule has 0 aliphatic rings. The van der Waals surface area contributed by atoms with Crippen LogP contribution in [0.3, 0.4) is 0 Å². The smallest absolute Gasteiger partial charge is 0.478 e. The van der Waals surface area contributed by atoms with Crippen molar-refractivity contribution >= 4 is 60.6 Å². The monoisotopic (exact) mass is 608 g/mol. The molecule has 1 aromatic heterocycles. The average molecular weight is 609 g/mol. The molecule has 2 aromatic carbocycles. The lowest BCUT2D eigenvalue weighted by molar-refractivity contribution is -0.192. The maximum absolute atomic E-state index is 12.5. The number of hydrogen-bond acceptors (Lipinski definition) is 6. The third kappa shape index (κ3) is 8.24. The summed E-state index contributed by atoms with van der Waals surface area (Å²) in [4.78, 5) is 22.7. The Morgan fingerprint density at radius 2 is 1.67 bits per heavy atom. The van der Waals surface area contributed by atoms with E-state index in [9.17, 15) is 31.5 Å². The molecular formula is C22H20BrF3N2O6S2. The van der Waals surface area contributed by atoms with Crippen LogP contribution in [0.5, 0.6) is 0 Å². The van der Waals surface area contributed by atoms with Crippen molar-refractivity contribution < 1.29 is 41.4 Å². The number of alkyl halides is 3. The van der Waals surface area contributed by atoms with Gasteiger partial charge in [0.1, 0.15) is 4.21 Å². The van der Waals surface area contributed by atoms with Crippen molar-refractivity contribution in [1.29, 1.82) is 0 Å². The van der Waals surface area contributed by atoms with E-state index < -0.39 is 28.1 Å². The van der Waals surface area contributed by atoms with Crippen molar-refractivity contribution in [3.05, 3.63) is 75.6 Å². The van der Waals surface area contributed by atoms with E-state index in [4.69, 9.17) is 9.90 Å². The molecule has 0 saturated heterocycles. The lowest BCUT2D eigenvalue weighted by Gasteiger charge is -2.25. The van der Waals surface area contributed by atoms with Gasteiger partial charge >= 0.3 is 18.1 Å². The number of benzene rings is 2. The van der Waals surface area contributed by atoms with Crippen LogP contribution in [0.15, 0.2) is 68.7 Å². The Bertz CT molecular complexity index is 1310. The molecule has 8 nitrogen and oxygen atoms in total. The van der Waals surface area contributed by atoms with Crippen LogP contribution in [0, 0.1) is 0 Å². The first-order chi connectivity index (χ1) is 16.7. The van der Waals surface area contributed by atoms with E-state index in [1.54, 1.807) is 18.2 Å². The van der Waals surface area contributed by atoms with Gasteiger partial charge in [-0.2, -0.15) is 13.2 Å². The molecule has 0 aliphatic heterocycles. The topological polar surface area (TPSA) is 124 Å². The van der Waals surface area contributed by atoms with Gasteiger partial charge in [-0.05, 0) is 58.7 Å². The fourth-order valence-electron chi connectivity index (χ4n) is 2.87. The summed E-state index contributed by atoms with van der Waals surface area (Å²) < 4.78 is 60.1. The van der Waals surface area contributed by atoms with Gasteiger partial charge in [-0.15, -0.1) is 11.3 Å².